The van der Waals surface area contributed by atoms with E-state index < -0.39 is 0 Å². The summed E-state index contributed by atoms with van der Waals surface area (Å²) in [7, 11) is 0. The third-order valence-corrected chi connectivity index (χ3v) is 3.21. The van der Waals surface area contributed by atoms with Crippen molar-refractivity contribution >= 4 is 17.5 Å². The highest BCUT2D eigenvalue weighted by Gasteiger charge is 2.14. The third-order valence-electron chi connectivity index (χ3n) is 3.21. The Morgan fingerprint density at radius 3 is 2.57 bits per heavy atom. The van der Waals surface area contributed by atoms with E-state index in [1.165, 1.54) is 0 Å². The summed E-state index contributed by atoms with van der Waals surface area (Å²) < 4.78 is 0. The molecule has 0 saturated carbocycles. The quantitative estimate of drug-likeness (QED) is 0.643. The molecule has 0 bridgehead atoms. The molecule has 1 rings (SSSR count). The maximum atomic E-state index is 12.2. The van der Waals surface area contributed by atoms with Crippen LogP contribution in [0.1, 0.15) is 44.0 Å². The second-order valence-electron chi connectivity index (χ2n) is 4.98. The van der Waals surface area contributed by atoms with Gasteiger partial charge in [0.05, 0.1) is 11.3 Å². The zero-order chi connectivity index (χ0) is 15.7. The lowest BCUT2D eigenvalue weighted by atomic mass is 10.1. The standard InChI is InChI=1S/C16H25N3O2/c1-4-12(3)18-16(21)13-8-6-7-9-14(13)19-15(20)10-11-17-5-2/h6-9,12,17H,4-5,10-11H2,1-3H3,(H,18,21)(H,19,20). The zero-order valence-electron chi connectivity index (χ0n) is 13.0. The van der Waals surface area contributed by atoms with Gasteiger partial charge in [-0.2, -0.15) is 0 Å². The number of anilines is 1. The first kappa shape index (κ1) is 17.2. The van der Waals surface area contributed by atoms with Crippen molar-refractivity contribution < 1.29 is 9.59 Å². The summed E-state index contributed by atoms with van der Waals surface area (Å²) in [6.07, 6.45) is 1.25. The highest BCUT2D eigenvalue weighted by molar-refractivity contribution is 6.03. The van der Waals surface area contributed by atoms with E-state index in [1.54, 1.807) is 24.3 Å². The van der Waals surface area contributed by atoms with Crippen LogP contribution in [0.25, 0.3) is 0 Å². The lowest BCUT2D eigenvalue weighted by Gasteiger charge is -2.14. The molecule has 0 heterocycles. The average Bonchev–Trinajstić information content (AvgIpc) is 2.47. The fourth-order valence-corrected chi connectivity index (χ4v) is 1.79. The van der Waals surface area contributed by atoms with Gasteiger partial charge in [0.15, 0.2) is 0 Å². The molecule has 1 aromatic rings. The first-order valence-electron chi connectivity index (χ1n) is 7.48. The van der Waals surface area contributed by atoms with E-state index in [4.69, 9.17) is 0 Å². The third kappa shape index (κ3) is 5.95. The van der Waals surface area contributed by atoms with Crippen LogP contribution in [-0.4, -0.2) is 30.9 Å². The Morgan fingerprint density at radius 1 is 1.19 bits per heavy atom. The molecule has 116 valence electrons. The second-order valence-corrected chi connectivity index (χ2v) is 4.98. The van der Waals surface area contributed by atoms with Crippen LogP contribution in [0.5, 0.6) is 0 Å². The molecule has 0 aliphatic carbocycles. The number of para-hydroxylation sites is 1. The van der Waals surface area contributed by atoms with E-state index >= 15 is 0 Å². The van der Waals surface area contributed by atoms with E-state index in [0.717, 1.165) is 13.0 Å². The largest absolute Gasteiger partial charge is 0.350 e. The monoisotopic (exact) mass is 291 g/mol. The highest BCUT2D eigenvalue weighted by atomic mass is 16.2. The number of nitrogens with one attached hydrogen (secondary N) is 3. The van der Waals surface area contributed by atoms with E-state index in [-0.39, 0.29) is 17.9 Å². The second kappa shape index (κ2) is 9.13. The van der Waals surface area contributed by atoms with Gasteiger partial charge in [-0.05, 0) is 32.0 Å². The minimum atomic E-state index is -0.160. The number of carbonyl (C=O) groups is 2. The van der Waals surface area contributed by atoms with Crippen LogP contribution < -0.4 is 16.0 Å². The van der Waals surface area contributed by atoms with Crippen molar-refractivity contribution in [3.05, 3.63) is 29.8 Å². The summed E-state index contributed by atoms with van der Waals surface area (Å²) in [6, 6.07) is 7.17. The predicted molar refractivity (Wildman–Crippen MR) is 85.5 cm³/mol. The van der Waals surface area contributed by atoms with Gasteiger partial charge in [-0.15, -0.1) is 0 Å². The van der Waals surface area contributed by atoms with Gasteiger partial charge in [0.25, 0.3) is 5.91 Å². The van der Waals surface area contributed by atoms with Crippen LogP contribution in [0.15, 0.2) is 24.3 Å². The highest BCUT2D eigenvalue weighted by Crippen LogP contribution is 2.15. The van der Waals surface area contributed by atoms with Crippen molar-refractivity contribution in [2.45, 2.75) is 39.7 Å². The number of carbonyl (C=O) groups excluding carboxylic acids is 2. The summed E-state index contributed by atoms with van der Waals surface area (Å²) in [6.45, 7) is 7.42. The van der Waals surface area contributed by atoms with Crippen LogP contribution in [0.4, 0.5) is 5.69 Å². The molecule has 0 spiro atoms. The van der Waals surface area contributed by atoms with Gasteiger partial charge in [-0.25, -0.2) is 0 Å². The predicted octanol–water partition coefficient (Wildman–Crippen LogP) is 2.15. The van der Waals surface area contributed by atoms with E-state index in [1.807, 2.05) is 20.8 Å². The molecule has 0 fully saturated rings. The lowest BCUT2D eigenvalue weighted by Crippen LogP contribution is -2.32. The Morgan fingerprint density at radius 2 is 1.90 bits per heavy atom. The van der Waals surface area contributed by atoms with E-state index in [2.05, 4.69) is 16.0 Å². The van der Waals surface area contributed by atoms with Crippen molar-refractivity contribution in [2.24, 2.45) is 0 Å². The fraction of sp³-hybridized carbons (Fsp3) is 0.500. The van der Waals surface area contributed by atoms with Crippen molar-refractivity contribution in [3.8, 4) is 0 Å². The van der Waals surface area contributed by atoms with Crippen LogP contribution >= 0.6 is 0 Å². The maximum absolute atomic E-state index is 12.2. The van der Waals surface area contributed by atoms with Gasteiger partial charge in [0, 0.05) is 19.0 Å². The smallest absolute Gasteiger partial charge is 0.253 e. The molecule has 0 aromatic heterocycles. The Labute approximate surface area is 126 Å². The summed E-state index contributed by atoms with van der Waals surface area (Å²) >= 11 is 0. The van der Waals surface area contributed by atoms with Crippen LogP contribution in [-0.2, 0) is 4.79 Å². The molecule has 1 aromatic carbocycles. The molecule has 21 heavy (non-hydrogen) atoms. The van der Waals surface area contributed by atoms with E-state index in [9.17, 15) is 9.59 Å². The topological polar surface area (TPSA) is 70.2 Å². The van der Waals surface area contributed by atoms with Gasteiger partial charge >= 0.3 is 0 Å². The minimum Gasteiger partial charge on any atom is -0.350 e. The zero-order valence-corrected chi connectivity index (χ0v) is 13.0. The molecular formula is C16H25N3O2. The van der Waals surface area contributed by atoms with Gasteiger partial charge < -0.3 is 16.0 Å². The molecule has 1 atom stereocenters. The van der Waals surface area contributed by atoms with Crippen molar-refractivity contribution in [2.75, 3.05) is 18.4 Å². The summed E-state index contributed by atoms with van der Waals surface area (Å²) in [5, 5.41) is 8.81. The summed E-state index contributed by atoms with van der Waals surface area (Å²) in [4.78, 5) is 24.1. The normalized spacial score (nSPS) is 11.8. The van der Waals surface area contributed by atoms with E-state index in [0.29, 0.717) is 24.2 Å². The number of hydrogen-bond acceptors (Lipinski definition) is 3. The molecule has 5 heteroatoms. The molecule has 0 aliphatic heterocycles. The van der Waals surface area contributed by atoms with Crippen molar-refractivity contribution in [1.82, 2.24) is 10.6 Å². The molecule has 5 nitrogen and oxygen atoms in total. The van der Waals surface area contributed by atoms with Gasteiger partial charge in [0.2, 0.25) is 5.91 Å². The molecule has 1 unspecified atom stereocenters. The number of hydrogen-bond donors (Lipinski definition) is 3. The van der Waals surface area contributed by atoms with Gasteiger partial charge in [-0.1, -0.05) is 26.0 Å². The fourth-order valence-electron chi connectivity index (χ4n) is 1.79. The van der Waals surface area contributed by atoms with Crippen LogP contribution in [0.3, 0.4) is 0 Å². The lowest BCUT2D eigenvalue weighted by molar-refractivity contribution is -0.116. The number of rotatable bonds is 8. The Bertz CT molecular complexity index is 474. The molecule has 3 N–H and O–H groups in total. The van der Waals surface area contributed by atoms with Crippen LogP contribution in [0, 0.1) is 0 Å². The molecule has 0 saturated heterocycles. The minimum absolute atomic E-state index is 0.0975. The van der Waals surface area contributed by atoms with Gasteiger partial charge in [0.1, 0.15) is 0 Å². The van der Waals surface area contributed by atoms with Crippen molar-refractivity contribution in [3.63, 3.8) is 0 Å². The first-order valence-corrected chi connectivity index (χ1v) is 7.48. The Balaban J connectivity index is 2.70. The molecule has 0 radical (unpaired) electrons. The number of benzene rings is 1. The van der Waals surface area contributed by atoms with Crippen molar-refractivity contribution in [1.29, 1.82) is 0 Å². The Kier molecular flexibility index (Phi) is 7.46. The summed E-state index contributed by atoms with van der Waals surface area (Å²) in [5.41, 5.74) is 1.05. The molecular weight excluding hydrogens is 266 g/mol. The Hall–Kier alpha value is -1.88. The molecule has 2 amide bonds. The number of amides is 2. The maximum Gasteiger partial charge on any atom is 0.253 e. The SMILES string of the molecule is CCNCCC(=O)Nc1ccccc1C(=O)NC(C)CC. The van der Waals surface area contributed by atoms with Gasteiger partial charge in [-0.3, -0.25) is 9.59 Å². The average molecular weight is 291 g/mol. The van der Waals surface area contributed by atoms with Crippen LogP contribution in [0.2, 0.25) is 0 Å². The summed E-state index contributed by atoms with van der Waals surface area (Å²) in [5.74, 6) is -0.258. The first-order chi connectivity index (χ1) is 10.1. The molecule has 0 aliphatic rings.